The number of aliphatic carboxylic acids is 2. The number of carboxylic acid groups (broad SMARTS) is 2. The van der Waals surface area contributed by atoms with Gasteiger partial charge in [-0.15, -0.1) is 0 Å². The number of hydrogen-bond donors (Lipinski definition) is 7. The Hall–Kier alpha value is -6.57. The molecule has 14 nitrogen and oxygen atoms in total. The van der Waals surface area contributed by atoms with Crippen molar-refractivity contribution in [2.75, 3.05) is 6.54 Å². The highest BCUT2D eigenvalue weighted by atomic mass is 16.4. The quantitative estimate of drug-likeness (QED) is 0.0811. The molecule has 3 aromatic rings. The molecule has 58 heavy (non-hydrogen) atoms. The van der Waals surface area contributed by atoms with Crippen LogP contribution in [0.3, 0.4) is 0 Å². The zero-order valence-corrected chi connectivity index (χ0v) is 33.6. The Morgan fingerprint density at radius 2 is 1.02 bits per heavy atom. The van der Waals surface area contributed by atoms with Gasteiger partial charge in [-0.3, -0.25) is 28.8 Å². The highest BCUT2D eigenvalue weighted by Crippen LogP contribution is 2.14. The third-order valence-corrected chi connectivity index (χ3v) is 9.06. The van der Waals surface area contributed by atoms with Crippen LogP contribution in [0, 0.1) is 18.8 Å². The zero-order chi connectivity index (χ0) is 42.9. The Morgan fingerprint density at radius 3 is 1.47 bits per heavy atom. The molecule has 0 fully saturated rings. The molecule has 0 spiro atoms. The lowest BCUT2D eigenvalue weighted by Gasteiger charge is -2.27. The topological polar surface area (TPSA) is 220 Å². The average Bonchev–Trinajstić information content (AvgIpc) is 3.18. The smallest absolute Gasteiger partial charge is 0.326 e. The highest BCUT2D eigenvalue weighted by molar-refractivity contribution is 5.98. The van der Waals surface area contributed by atoms with Crippen molar-refractivity contribution in [1.29, 1.82) is 0 Å². The van der Waals surface area contributed by atoms with E-state index >= 15 is 0 Å². The summed E-state index contributed by atoms with van der Waals surface area (Å²) in [5, 5.41) is 30.9. The lowest BCUT2D eigenvalue weighted by atomic mass is 10.0. The van der Waals surface area contributed by atoms with E-state index in [0.717, 1.165) is 22.3 Å². The molecule has 14 heteroatoms. The molecule has 0 radical (unpaired) electrons. The van der Waals surface area contributed by atoms with Gasteiger partial charge in [-0.1, -0.05) is 118 Å². The van der Waals surface area contributed by atoms with E-state index in [9.17, 15) is 38.7 Å². The van der Waals surface area contributed by atoms with E-state index in [2.05, 4.69) is 69.9 Å². The maximum absolute atomic E-state index is 13.3. The van der Waals surface area contributed by atoms with E-state index in [4.69, 9.17) is 5.11 Å². The van der Waals surface area contributed by atoms with Gasteiger partial charge in [-0.05, 0) is 66.5 Å². The van der Waals surface area contributed by atoms with Crippen LogP contribution in [0.4, 0.5) is 0 Å². The van der Waals surface area contributed by atoms with Crippen molar-refractivity contribution < 1.29 is 43.8 Å². The summed E-state index contributed by atoms with van der Waals surface area (Å²) in [5.41, 5.74) is 5.61. The Labute approximate surface area is 338 Å². The van der Waals surface area contributed by atoms with Crippen molar-refractivity contribution in [2.24, 2.45) is 11.8 Å². The maximum Gasteiger partial charge on any atom is 0.326 e. The van der Waals surface area contributed by atoms with Crippen LogP contribution in [0.15, 0.2) is 72.8 Å². The minimum absolute atomic E-state index is 0.323. The fourth-order valence-corrected chi connectivity index (χ4v) is 5.53. The molecule has 5 amide bonds. The molecule has 308 valence electrons. The molecule has 0 aromatic heterocycles. The van der Waals surface area contributed by atoms with Crippen LogP contribution in [0.25, 0.3) is 24.3 Å². The first-order chi connectivity index (χ1) is 27.4. The fraction of sp³-hybridized carbons (Fsp3) is 0.341. The summed E-state index contributed by atoms with van der Waals surface area (Å²) in [7, 11) is 0. The zero-order valence-electron chi connectivity index (χ0n) is 33.6. The SMILES string of the molecule is Cc1ccc(/C=C/c2ccc(/C=C/c3ccc(C(=O)NCC(=O)N[C@@H](C)C(=O)N[C@H](C(=O)N[C@@H](CCC(=O)O)C(=O)N[C@H](C(=O)O)C(C)C)C(C)C)cc3)cc2)cc1. The number of carbonyl (C=O) groups is 7. The van der Waals surface area contributed by atoms with Gasteiger partial charge in [0.05, 0.1) is 6.54 Å². The molecule has 0 saturated heterocycles. The number of aryl methyl sites for hydroxylation is 1. The van der Waals surface area contributed by atoms with E-state index in [1.165, 1.54) is 12.5 Å². The lowest BCUT2D eigenvalue weighted by Crippen LogP contribution is -2.59. The van der Waals surface area contributed by atoms with Gasteiger partial charge in [-0.2, -0.15) is 0 Å². The van der Waals surface area contributed by atoms with Gasteiger partial charge in [0.2, 0.25) is 23.6 Å². The number of carbonyl (C=O) groups excluding carboxylic acids is 5. The summed E-state index contributed by atoms with van der Waals surface area (Å²) in [6.07, 6.45) is 7.18. The molecule has 0 unspecified atom stereocenters. The maximum atomic E-state index is 13.3. The number of rotatable bonds is 20. The standard InChI is InChI=1S/C44H53N5O9/c1-26(2)38(43(56)47-35(23-24-37(51)52)42(55)49-39(27(3)4)44(57)58)48-40(53)29(6)46-36(50)25-45-41(54)34-21-19-33(20-22-34)18-17-32-15-13-31(14-16-32)12-11-30-9-7-28(5)8-10-30/h7-22,26-27,29,35,38-39H,23-25H2,1-6H3,(H,45,54)(H,46,50)(H,47,56)(H,48,53)(H,49,55)(H,51,52)(H,57,58)/b12-11+,18-17+/t29-,35-,38-,39-/m0/s1. The van der Waals surface area contributed by atoms with Crippen LogP contribution >= 0.6 is 0 Å². The highest BCUT2D eigenvalue weighted by Gasteiger charge is 2.33. The van der Waals surface area contributed by atoms with Crippen LogP contribution in [-0.4, -0.2) is 82.4 Å². The summed E-state index contributed by atoms with van der Waals surface area (Å²) in [5.74, 6) is -7.15. The van der Waals surface area contributed by atoms with Crippen LogP contribution in [0.1, 0.15) is 85.6 Å². The second-order valence-corrected chi connectivity index (χ2v) is 14.6. The second-order valence-electron chi connectivity index (χ2n) is 14.6. The minimum Gasteiger partial charge on any atom is -0.481 e. The van der Waals surface area contributed by atoms with Crippen LogP contribution in [-0.2, 0) is 28.8 Å². The first-order valence-corrected chi connectivity index (χ1v) is 19.0. The Bertz CT molecular complexity index is 1970. The van der Waals surface area contributed by atoms with Crippen LogP contribution in [0.2, 0.25) is 0 Å². The van der Waals surface area contributed by atoms with E-state index in [1.54, 1.807) is 52.0 Å². The Morgan fingerprint density at radius 1 is 0.569 bits per heavy atom. The van der Waals surface area contributed by atoms with Crippen molar-refractivity contribution >= 4 is 65.8 Å². The van der Waals surface area contributed by atoms with Gasteiger partial charge in [0.25, 0.3) is 5.91 Å². The van der Waals surface area contributed by atoms with Crippen molar-refractivity contribution in [2.45, 2.75) is 78.6 Å². The molecule has 3 aromatic carbocycles. The van der Waals surface area contributed by atoms with Crippen molar-refractivity contribution in [1.82, 2.24) is 26.6 Å². The molecule has 0 bridgehead atoms. The van der Waals surface area contributed by atoms with Gasteiger partial charge >= 0.3 is 11.9 Å². The molecular weight excluding hydrogens is 743 g/mol. The first kappa shape index (κ1) is 45.8. The summed E-state index contributed by atoms with van der Waals surface area (Å²) in [6, 6.07) is 18.2. The van der Waals surface area contributed by atoms with Crippen molar-refractivity contribution in [3.8, 4) is 0 Å². The molecule has 0 aliphatic heterocycles. The summed E-state index contributed by atoms with van der Waals surface area (Å²) >= 11 is 0. The summed E-state index contributed by atoms with van der Waals surface area (Å²) in [6.45, 7) is 9.42. The minimum atomic E-state index is -1.41. The predicted molar refractivity (Wildman–Crippen MR) is 222 cm³/mol. The average molecular weight is 796 g/mol. The third-order valence-electron chi connectivity index (χ3n) is 9.06. The van der Waals surface area contributed by atoms with E-state index in [0.29, 0.717) is 5.56 Å². The molecule has 7 N–H and O–H groups in total. The molecule has 0 aliphatic rings. The van der Waals surface area contributed by atoms with Crippen molar-refractivity contribution in [3.05, 3.63) is 106 Å². The Kier molecular flexibility index (Phi) is 17.6. The summed E-state index contributed by atoms with van der Waals surface area (Å²) < 4.78 is 0. The lowest BCUT2D eigenvalue weighted by molar-refractivity contribution is -0.144. The van der Waals surface area contributed by atoms with E-state index in [-0.39, 0.29) is 6.42 Å². The Balaban J connectivity index is 1.50. The number of nitrogens with one attached hydrogen (secondary N) is 5. The number of benzene rings is 3. The largest absolute Gasteiger partial charge is 0.481 e. The number of carboxylic acids is 2. The number of hydrogen-bond acceptors (Lipinski definition) is 7. The molecule has 0 saturated carbocycles. The molecule has 0 aliphatic carbocycles. The first-order valence-electron chi connectivity index (χ1n) is 19.0. The van der Waals surface area contributed by atoms with E-state index < -0.39 is 90.4 Å². The van der Waals surface area contributed by atoms with Gasteiger partial charge in [-0.25, -0.2) is 4.79 Å². The van der Waals surface area contributed by atoms with E-state index in [1.807, 2.05) is 36.4 Å². The van der Waals surface area contributed by atoms with Crippen molar-refractivity contribution in [3.63, 3.8) is 0 Å². The van der Waals surface area contributed by atoms with Gasteiger partial charge in [0.15, 0.2) is 0 Å². The fourth-order valence-electron chi connectivity index (χ4n) is 5.53. The van der Waals surface area contributed by atoms with Crippen LogP contribution < -0.4 is 26.6 Å². The van der Waals surface area contributed by atoms with Crippen LogP contribution in [0.5, 0.6) is 0 Å². The second kappa shape index (κ2) is 22.2. The van der Waals surface area contributed by atoms with Gasteiger partial charge in [0, 0.05) is 12.0 Å². The molecular formula is C44H53N5O9. The van der Waals surface area contributed by atoms with Gasteiger partial charge in [0.1, 0.15) is 24.2 Å². The monoisotopic (exact) mass is 795 g/mol. The normalized spacial score (nSPS) is 13.4. The molecule has 3 rings (SSSR count). The summed E-state index contributed by atoms with van der Waals surface area (Å²) in [4.78, 5) is 87.5. The third kappa shape index (κ3) is 15.2. The molecule has 0 heterocycles. The number of amides is 5. The van der Waals surface area contributed by atoms with Gasteiger partial charge < -0.3 is 36.8 Å². The molecule has 4 atom stereocenters. The predicted octanol–water partition coefficient (Wildman–Crippen LogP) is 4.29.